The van der Waals surface area contributed by atoms with Gasteiger partial charge in [-0.2, -0.15) is 0 Å². The van der Waals surface area contributed by atoms with Gasteiger partial charge in [0.2, 0.25) is 0 Å². The highest BCUT2D eigenvalue weighted by Gasteiger charge is 2.08. The third kappa shape index (κ3) is 3.35. The first-order valence-electron chi connectivity index (χ1n) is 8.20. The Bertz CT molecular complexity index is 1120. The lowest BCUT2D eigenvalue weighted by atomic mass is 10.1. The highest BCUT2D eigenvalue weighted by molar-refractivity contribution is 5.82. The Balaban J connectivity index is 1.62. The summed E-state index contributed by atoms with van der Waals surface area (Å²) in [4.78, 5) is 12.3. The van der Waals surface area contributed by atoms with Crippen molar-refractivity contribution in [2.75, 3.05) is 0 Å². The fourth-order valence-corrected chi connectivity index (χ4v) is 2.79. The van der Waals surface area contributed by atoms with Crippen LogP contribution in [0, 0.1) is 5.82 Å². The van der Waals surface area contributed by atoms with Crippen LogP contribution in [-0.4, -0.2) is 0 Å². The van der Waals surface area contributed by atoms with E-state index in [1.165, 1.54) is 12.1 Å². The van der Waals surface area contributed by atoms with E-state index in [-0.39, 0.29) is 12.4 Å². The summed E-state index contributed by atoms with van der Waals surface area (Å²) in [7, 11) is 0. The minimum absolute atomic E-state index is 0.232. The number of rotatable bonds is 4. The molecule has 0 amide bonds. The van der Waals surface area contributed by atoms with Crippen molar-refractivity contribution in [2.45, 2.75) is 6.61 Å². The van der Waals surface area contributed by atoms with E-state index >= 15 is 0 Å². The number of ether oxygens (including phenoxy) is 1. The molecule has 1 aromatic heterocycles. The molecule has 3 aromatic carbocycles. The van der Waals surface area contributed by atoms with Gasteiger partial charge in [-0.3, -0.25) is 0 Å². The first-order chi connectivity index (χ1) is 12.7. The van der Waals surface area contributed by atoms with Crippen LogP contribution in [-0.2, 0) is 6.61 Å². The van der Waals surface area contributed by atoms with E-state index in [4.69, 9.17) is 9.15 Å². The monoisotopic (exact) mass is 346 g/mol. The summed E-state index contributed by atoms with van der Waals surface area (Å²) in [5.74, 6) is 0.251. The van der Waals surface area contributed by atoms with Gasteiger partial charge in [-0.1, -0.05) is 42.5 Å². The van der Waals surface area contributed by atoms with Crippen LogP contribution in [0.15, 0.2) is 88.1 Å². The molecule has 0 atom stereocenters. The third-order valence-corrected chi connectivity index (χ3v) is 4.09. The lowest BCUT2D eigenvalue weighted by molar-refractivity contribution is 0.305. The average Bonchev–Trinajstić information content (AvgIpc) is 2.66. The molecule has 1 heterocycles. The Morgan fingerprint density at radius 1 is 0.885 bits per heavy atom. The van der Waals surface area contributed by atoms with Gasteiger partial charge in [-0.15, -0.1) is 0 Å². The summed E-state index contributed by atoms with van der Waals surface area (Å²) in [5, 5.41) is 0.807. The first-order valence-corrected chi connectivity index (χ1v) is 8.20. The first kappa shape index (κ1) is 16.1. The van der Waals surface area contributed by atoms with Crippen LogP contribution in [0.1, 0.15) is 5.56 Å². The maximum Gasteiger partial charge on any atom is 0.344 e. The average molecular weight is 346 g/mol. The molecule has 0 aliphatic heterocycles. The minimum Gasteiger partial charge on any atom is -0.489 e. The number of benzene rings is 3. The molecule has 26 heavy (non-hydrogen) atoms. The van der Waals surface area contributed by atoms with Gasteiger partial charge in [0.1, 0.15) is 23.8 Å². The van der Waals surface area contributed by atoms with Gasteiger partial charge >= 0.3 is 5.63 Å². The van der Waals surface area contributed by atoms with E-state index in [1.807, 2.05) is 42.5 Å². The maximum atomic E-state index is 13.2. The Kier molecular flexibility index (Phi) is 4.23. The van der Waals surface area contributed by atoms with Crippen LogP contribution < -0.4 is 10.4 Å². The van der Waals surface area contributed by atoms with Crippen molar-refractivity contribution in [1.29, 1.82) is 0 Å². The molecule has 0 bridgehead atoms. The second kappa shape index (κ2) is 6.84. The number of hydrogen-bond acceptors (Lipinski definition) is 3. The highest BCUT2D eigenvalue weighted by atomic mass is 19.1. The largest absolute Gasteiger partial charge is 0.489 e. The molecule has 0 spiro atoms. The third-order valence-electron chi connectivity index (χ3n) is 4.09. The normalized spacial score (nSPS) is 10.8. The molecule has 0 N–H and O–H groups in total. The predicted molar refractivity (Wildman–Crippen MR) is 98.7 cm³/mol. The molecule has 0 aliphatic carbocycles. The van der Waals surface area contributed by atoms with Crippen molar-refractivity contribution in [3.05, 3.63) is 101 Å². The number of fused-ring (bicyclic) bond motifs is 1. The molecule has 0 saturated carbocycles. The molecule has 0 unspecified atom stereocenters. The Hall–Kier alpha value is -3.40. The fourth-order valence-electron chi connectivity index (χ4n) is 2.79. The minimum atomic E-state index is -0.397. The molecule has 0 aliphatic rings. The molecule has 4 aromatic rings. The van der Waals surface area contributed by atoms with E-state index in [1.54, 1.807) is 24.3 Å². The second-order valence-corrected chi connectivity index (χ2v) is 5.93. The van der Waals surface area contributed by atoms with E-state index in [9.17, 15) is 9.18 Å². The van der Waals surface area contributed by atoms with Gasteiger partial charge in [-0.05, 0) is 41.5 Å². The summed E-state index contributed by atoms with van der Waals surface area (Å²) in [6.45, 7) is 0.232. The Labute approximate surface area is 149 Å². The van der Waals surface area contributed by atoms with Crippen molar-refractivity contribution in [3.63, 3.8) is 0 Å². The quantitative estimate of drug-likeness (QED) is 0.478. The molecular formula is C22H15FO3. The zero-order chi connectivity index (χ0) is 17.9. The van der Waals surface area contributed by atoms with Gasteiger partial charge in [0.05, 0.1) is 5.56 Å². The van der Waals surface area contributed by atoms with E-state index in [2.05, 4.69) is 0 Å². The molecule has 128 valence electrons. The molecule has 0 fully saturated rings. The summed E-state index contributed by atoms with van der Waals surface area (Å²) < 4.78 is 24.4. The van der Waals surface area contributed by atoms with Crippen LogP contribution in [0.2, 0.25) is 0 Å². The Morgan fingerprint density at radius 3 is 2.54 bits per heavy atom. The van der Waals surface area contributed by atoms with Crippen LogP contribution >= 0.6 is 0 Å². The van der Waals surface area contributed by atoms with Crippen molar-refractivity contribution in [3.8, 4) is 16.9 Å². The summed E-state index contributed by atoms with van der Waals surface area (Å²) in [6, 6.07) is 22.8. The fraction of sp³-hybridized carbons (Fsp3) is 0.0455. The van der Waals surface area contributed by atoms with Gasteiger partial charge in [0.15, 0.2) is 0 Å². The smallest absolute Gasteiger partial charge is 0.344 e. The number of hydrogen-bond donors (Lipinski definition) is 0. The number of halogens is 1. The molecule has 4 rings (SSSR count). The van der Waals surface area contributed by atoms with Gasteiger partial charge in [0.25, 0.3) is 0 Å². The molecular weight excluding hydrogens is 331 g/mol. The Morgan fingerprint density at radius 2 is 1.73 bits per heavy atom. The van der Waals surface area contributed by atoms with Crippen molar-refractivity contribution >= 4 is 11.0 Å². The van der Waals surface area contributed by atoms with E-state index in [0.717, 1.165) is 16.5 Å². The van der Waals surface area contributed by atoms with E-state index < -0.39 is 5.63 Å². The molecule has 3 nitrogen and oxygen atoms in total. The van der Waals surface area contributed by atoms with Crippen molar-refractivity contribution in [2.24, 2.45) is 0 Å². The van der Waals surface area contributed by atoms with E-state index in [0.29, 0.717) is 16.9 Å². The second-order valence-electron chi connectivity index (χ2n) is 5.93. The zero-order valence-corrected chi connectivity index (χ0v) is 13.8. The van der Waals surface area contributed by atoms with Crippen LogP contribution in [0.4, 0.5) is 4.39 Å². The maximum absolute atomic E-state index is 13.2. The molecule has 0 saturated heterocycles. The zero-order valence-electron chi connectivity index (χ0n) is 13.8. The van der Waals surface area contributed by atoms with Gasteiger partial charge in [0, 0.05) is 11.5 Å². The lowest BCUT2D eigenvalue weighted by Gasteiger charge is -2.08. The summed E-state index contributed by atoms with van der Waals surface area (Å²) in [6.07, 6.45) is 0. The standard InChI is InChI=1S/C22H15FO3/c23-18-8-4-5-15(11-18)14-25-19-10-9-17-12-20(16-6-2-1-3-7-16)22(24)26-21(17)13-19/h1-13H,14H2. The van der Waals surface area contributed by atoms with Gasteiger partial charge in [-0.25, -0.2) is 9.18 Å². The lowest BCUT2D eigenvalue weighted by Crippen LogP contribution is -2.02. The van der Waals surface area contributed by atoms with Crippen LogP contribution in [0.3, 0.4) is 0 Å². The predicted octanol–water partition coefficient (Wildman–Crippen LogP) is 5.18. The van der Waals surface area contributed by atoms with Gasteiger partial charge < -0.3 is 9.15 Å². The molecule has 4 heteroatoms. The van der Waals surface area contributed by atoms with Crippen LogP contribution in [0.5, 0.6) is 5.75 Å². The highest BCUT2D eigenvalue weighted by Crippen LogP contribution is 2.24. The van der Waals surface area contributed by atoms with Crippen LogP contribution in [0.25, 0.3) is 22.1 Å². The summed E-state index contributed by atoms with van der Waals surface area (Å²) >= 11 is 0. The topological polar surface area (TPSA) is 39.4 Å². The van der Waals surface area contributed by atoms with Crippen molar-refractivity contribution < 1.29 is 13.5 Å². The molecule has 0 radical (unpaired) electrons. The summed E-state index contributed by atoms with van der Waals surface area (Å²) in [5.41, 5.74) is 2.12. The SMILES string of the molecule is O=c1oc2cc(OCc3cccc(F)c3)ccc2cc1-c1ccccc1. The van der Waals surface area contributed by atoms with Crippen molar-refractivity contribution in [1.82, 2.24) is 0 Å².